The second kappa shape index (κ2) is 13.0. The molecule has 4 heterocycles. The highest BCUT2D eigenvalue weighted by Crippen LogP contribution is 2.36. The number of alkyl halides is 3. The lowest BCUT2D eigenvalue weighted by Crippen LogP contribution is -2.34. The minimum Gasteiger partial charge on any atom is -0.334 e. The molecule has 0 N–H and O–H groups in total. The van der Waals surface area contributed by atoms with Crippen LogP contribution in [0.1, 0.15) is 42.3 Å². The first-order valence-corrected chi connectivity index (χ1v) is 14.1. The molecule has 10 heteroatoms. The normalized spacial score (nSPS) is 16.3. The van der Waals surface area contributed by atoms with Crippen LogP contribution in [0.3, 0.4) is 0 Å². The van der Waals surface area contributed by atoms with Crippen molar-refractivity contribution < 1.29 is 18.0 Å². The van der Waals surface area contributed by atoms with Crippen molar-refractivity contribution >= 4 is 28.8 Å². The van der Waals surface area contributed by atoms with Gasteiger partial charge in [-0.25, -0.2) is 0 Å². The van der Waals surface area contributed by atoms with Crippen LogP contribution in [0.15, 0.2) is 54.7 Å². The lowest BCUT2D eigenvalue weighted by Gasteiger charge is -2.26. The van der Waals surface area contributed by atoms with Crippen LogP contribution in [0.2, 0.25) is 4.34 Å². The van der Waals surface area contributed by atoms with Gasteiger partial charge < -0.3 is 4.90 Å². The third-order valence-corrected chi connectivity index (χ3v) is 7.97. The molecule has 0 bridgehead atoms. The maximum Gasteiger partial charge on any atom is 0.435 e. The minimum absolute atomic E-state index is 0.125. The molecule has 2 aliphatic rings. The molecule has 0 spiro atoms. The number of amides is 1. The monoisotopic (exact) mass is 564 g/mol. The van der Waals surface area contributed by atoms with Crippen molar-refractivity contribution in [2.24, 2.45) is 0 Å². The van der Waals surface area contributed by atoms with Gasteiger partial charge in [0.1, 0.15) is 0 Å². The van der Waals surface area contributed by atoms with Crippen LogP contribution in [-0.4, -0.2) is 51.7 Å². The highest BCUT2D eigenvalue weighted by Gasteiger charge is 2.37. The Morgan fingerprint density at radius 1 is 1.13 bits per heavy atom. The van der Waals surface area contributed by atoms with Gasteiger partial charge in [0.05, 0.1) is 10.9 Å². The van der Waals surface area contributed by atoms with E-state index in [0.29, 0.717) is 18.7 Å². The van der Waals surface area contributed by atoms with Crippen LogP contribution in [0.4, 0.5) is 13.2 Å². The molecule has 0 aliphatic carbocycles. The zero-order valence-electron chi connectivity index (χ0n) is 21.4. The summed E-state index contributed by atoms with van der Waals surface area (Å²) < 4.78 is 40.5. The number of benzene rings is 1. The van der Waals surface area contributed by atoms with Crippen LogP contribution >= 0.6 is 22.9 Å². The molecule has 5 rings (SSSR count). The van der Waals surface area contributed by atoms with Gasteiger partial charge in [-0.05, 0) is 56.5 Å². The summed E-state index contributed by atoms with van der Waals surface area (Å²) in [6.45, 7) is 6.90. The second-order valence-corrected chi connectivity index (χ2v) is 11.2. The van der Waals surface area contributed by atoms with Crippen molar-refractivity contribution in [1.29, 1.82) is 0 Å². The van der Waals surface area contributed by atoms with Gasteiger partial charge in [-0.3, -0.25) is 14.4 Å². The number of rotatable bonds is 5. The SMILES string of the molecule is CCn1cc(-c2ccccc2)c(C(F)(F)F)n1.O=C(/C=C/CN1CCCCC1)N1CCc2cc(Cl)sc2C1. The summed E-state index contributed by atoms with van der Waals surface area (Å²) in [6, 6.07) is 10.5. The summed E-state index contributed by atoms with van der Waals surface area (Å²) in [4.78, 5) is 17.8. The summed E-state index contributed by atoms with van der Waals surface area (Å²) in [5.74, 6) is 0.127. The number of nitrogens with zero attached hydrogens (tertiary/aromatic N) is 4. The fourth-order valence-corrected chi connectivity index (χ4v) is 6.00. The zero-order chi connectivity index (χ0) is 27.1. The third kappa shape index (κ3) is 7.48. The largest absolute Gasteiger partial charge is 0.435 e. The molecule has 204 valence electrons. The van der Waals surface area contributed by atoms with Gasteiger partial charge in [0.15, 0.2) is 5.69 Å². The first-order chi connectivity index (χ1) is 18.2. The van der Waals surface area contributed by atoms with Crippen LogP contribution in [0.5, 0.6) is 0 Å². The molecular weight excluding hydrogens is 533 g/mol. The van der Waals surface area contributed by atoms with Crippen molar-refractivity contribution in [3.63, 3.8) is 0 Å². The molecule has 2 aromatic heterocycles. The summed E-state index contributed by atoms with van der Waals surface area (Å²) in [5.41, 5.74) is 1.14. The number of hydrogen-bond acceptors (Lipinski definition) is 4. The van der Waals surface area contributed by atoms with E-state index >= 15 is 0 Å². The summed E-state index contributed by atoms with van der Waals surface area (Å²) >= 11 is 7.64. The smallest absolute Gasteiger partial charge is 0.334 e. The number of fused-ring (bicyclic) bond motifs is 1. The number of carbonyl (C=O) groups is 1. The van der Waals surface area contributed by atoms with Crippen molar-refractivity contribution in [2.45, 2.75) is 51.9 Å². The minimum atomic E-state index is -4.43. The number of likely N-dealkylation sites (tertiary alicyclic amines) is 1. The average molecular weight is 565 g/mol. The Bertz CT molecular complexity index is 1230. The zero-order valence-corrected chi connectivity index (χ0v) is 23.0. The Labute approximate surface area is 230 Å². The third-order valence-electron chi connectivity index (χ3n) is 6.68. The molecule has 0 saturated carbocycles. The summed E-state index contributed by atoms with van der Waals surface area (Å²) in [7, 11) is 0. The molecule has 0 radical (unpaired) electrons. The van der Waals surface area contributed by atoms with E-state index in [2.05, 4.69) is 10.00 Å². The lowest BCUT2D eigenvalue weighted by atomic mass is 10.1. The van der Waals surface area contributed by atoms with Gasteiger partial charge in [0, 0.05) is 42.3 Å². The van der Waals surface area contributed by atoms with Crippen molar-refractivity contribution in [2.75, 3.05) is 26.2 Å². The molecule has 2 aliphatic heterocycles. The molecule has 1 saturated heterocycles. The van der Waals surface area contributed by atoms with Gasteiger partial charge in [-0.1, -0.05) is 54.4 Å². The standard InChI is InChI=1S/C16H21ClN2OS.C12H11F3N2/c17-15-11-13-6-10-19(12-14(13)21-15)16(20)5-4-9-18-7-2-1-3-8-18;1-2-17-8-10(9-6-4-3-5-7-9)11(16-17)12(13,14)15/h4-5,11H,1-3,6-10,12H2;3-8H,2H2,1H3/b5-4+;. The maximum absolute atomic E-state index is 12.8. The number of thiophene rings is 1. The van der Waals surface area contributed by atoms with E-state index in [1.165, 1.54) is 53.7 Å². The molecule has 5 nitrogen and oxygen atoms in total. The Balaban J connectivity index is 0.000000181. The Kier molecular flexibility index (Phi) is 9.68. The van der Waals surface area contributed by atoms with Gasteiger partial charge in [-0.15, -0.1) is 11.3 Å². The van der Waals surface area contributed by atoms with Crippen LogP contribution in [-0.2, 0) is 30.5 Å². The van der Waals surface area contributed by atoms with Crippen LogP contribution in [0, 0.1) is 0 Å². The van der Waals surface area contributed by atoms with Gasteiger partial charge >= 0.3 is 6.18 Å². The fraction of sp³-hybridized carbons (Fsp3) is 0.429. The Hall–Kier alpha value is -2.62. The first kappa shape index (κ1) is 28.4. The van der Waals surface area contributed by atoms with E-state index in [4.69, 9.17) is 11.6 Å². The molecule has 38 heavy (non-hydrogen) atoms. The van der Waals surface area contributed by atoms with Crippen molar-refractivity contribution in [3.8, 4) is 11.1 Å². The molecule has 0 atom stereocenters. The van der Waals surface area contributed by atoms with E-state index in [0.717, 1.165) is 23.8 Å². The number of aromatic nitrogens is 2. The second-order valence-electron chi connectivity index (χ2n) is 9.38. The summed E-state index contributed by atoms with van der Waals surface area (Å²) in [6.07, 6.45) is 5.61. The fourth-order valence-electron chi connectivity index (χ4n) is 4.64. The quantitative estimate of drug-likeness (QED) is 0.316. The van der Waals surface area contributed by atoms with E-state index < -0.39 is 11.9 Å². The molecule has 1 fully saturated rings. The van der Waals surface area contributed by atoms with E-state index in [1.54, 1.807) is 54.7 Å². The van der Waals surface area contributed by atoms with Crippen molar-refractivity contribution in [3.05, 3.63) is 75.2 Å². The molecule has 1 amide bonds. The van der Waals surface area contributed by atoms with Crippen LogP contribution in [0.25, 0.3) is 11.1 Å². The lowest BCUT2D eigenvalue weighted by molar-refractivity contribution is -0.141. The molecular formula is C28H32ClF3N4OS. The number of hydrogen-bond donors (Lipinski definition) is 0. The van der Waals surface area contributed by atoms with Gasteiger partial charge in [-0.2, -0.15) is 18.3 Å². The van der Waals surface area contributed by atoms with Crippen molar-refractivity contribution in [1.82, 2.24) is 19.6 Å². The average Bonchev–Trinajstić information content (AvgIpc) is 3.53. The topological polar surface area (TPSA) is 41.4 Å². The number of halogens is 4. The van der Waals surface area contributed by atoms with E-state index in [-0.39, 0.29) is 11.5 Å². The molecule has 0 unspecified atom stereocenters. The van der Waals surface area contributed by atoms with Crippen LogP contribution < -0.4 is 0 Å². The predicted molar refractivity (Wildman–Crippen MR) is 146 cm³/mol. The molecule has 1 aromatic carbocycles. The highest BCUT2D eigenvalue weighted by atomic mass is 35.5. The predicted octanol–water partition coefficient (Wildman–Crippen LogP) is 6.92. The highest BCUT2D eigenvalue weighted by molar-refractivity contribution is 7.16. The van der Waals surface area contributed by atoms with E-state index in [1.807, 2.05) is 17.0 Å². The number of carbonyl (C=O) groups excluding carboxylic acids is 1. The van der Waals surface area contributed by atoms with Gasteiger partial charge in [0.25, 0.3) is 0 Å². The Morgan fingerprint density at radius 3 is 2.55 bits per heavy atom. The van der Waals surface area contributed by atoms with Gasteiger partial charge in [0.2, 0.25) is 5.91 Å². The first-order valence-electron chi connectivity index (χ1n) is 12.9. The maximum atomic E-state index is 12.8. The van der Waals surface area contributed by atoms with E-state index in [9.17, 15) is 18.0 Å². The summed E-state index contributed by atoms with van der Waals surface area (Å²) in [5, 5.41) is 3.57. The molecule has 3 aromatic rings. The number of piperidine rings is 1. The number of aryl methyl sites for hydroxylation is 1. The Morgan fingerprint density at radius 2 is 1.87 bits per heavy atom.